The van der Waals surface area contributed by atoms with Gasteiger partial charge in [0.1, 0.15) is 5.52 Å². The topological polar surface area (TPSA) is 84.6 Å². The molecule has 0 aliphatic carbocycles. The zero-order chi connectivity index (χ0) is 7.84. The molecular weight excluding hydrogens is 162 g/mol. The lowest BCUT2D eigenvalue weighted by Gasteiger charge is -1.85. The maximum absolute atomic E-state index is 5.45. The first-order chi connectivity index (χ1) is 5.27. The second-order valence-corrected chi connectivity index (χ2v) is 2.53. The van der Waals surface area contributed by atoms with Crippen molar-refractivity contribution < 1.29 is 4.98 Å². The first-order valence-corrected chi connectivity index (χ1v) is 3.42. The Labute approximate surface area is 66.7 Å². The fraction of sp³-hybridized carbons (Fsp3) is 0. The number of aromatic nitrogens is 4. The van der Waals surface area contributed by atoms with Crippen molar-refractivity contribution >= 4 is 29.3 Å². The number of H-pyrrole nitrogens is 3. The Balaban J connectivity index is 3.02. The SMILES string of the molecule is Nc1[nH]c2nc[nH]c2c(=S)[nH+]1. The van der Waals surface area contributed by atoms with Crippen molar-refractivity contribution in [1.29, 1.82) is 0 Å². The molecule has 56 valence electrons. The molecule has 0 fully saturated rings. The highest BCUT2D eigenvalue weighted by Crippen LogP contribution is 2.03. The summed E-state index contributed by atoms with van der Waals surface area (Å²) in [6.07, 6.45) is 1.56. The first kappa shape index (κ1) is 6.29. The molecule has 11 heavy (non-hydrogen) atoms. The zero-order valence-electron chi connectivity index (χ0n) is 5.51. The quantitative estimate of drug-likeness (QED) is 0.485. The van der Waals surface area contributed by atoms with Gasteiger partial charge in [-0.3, -0.25) is 5.73 Å². The number of hydrogen-bond donors (Lipinski definition) is 3. The summed E-state index contributed by atoms with van der Waals surface area (Å²) in [6.45, 7) is 0. The van der Waals surface area contributed by atoms with Crippen molar-refractivity contribution in [3.05, 3.63) is 11.0 Å². The molecule has 0 spiro atoms. The third kappa shape index (κ3) is 0.874. The molecule has 2 heterocycles. The Morgan fingerprint density at radius 3 is 3.27 bits per heavy atom. The minimum absolute atomic E-state index is 0.412. The molecule has 0 bridgehead atoms. The van der Waals surface area contributed by atoms with Gasteiger partial charge in [0, 0.05) is 0 Å². The number of nitrogens with one attached hydrogen (secondary N) is 3. The summed E-state index contributed by atoms with van der Waals surface area (Å²) in [5.41, 5.74) is 6.90. The van der Waals surface area contributed by atoms with Crippen LogP contribution < -0.4 is 10.7 Å². The number of hydrogen-bond acceptors (Lipinski definition) is 3. The number of aromatic amines is 3. The Hall–Kier alpha value is -1.43. The van der Waals surface area contributed by atoms with E-state index in [0.29, 0.717) is 16.2 Å². The van der Waals surface area contributed by atoms with Crippen LogP contribution in [0.4, 0.5) is 5.95 Å². The van der Waals surface area contributed by atoms with Crippen molar-refractivity contribution in [3.8, 4) is 0 Å². The lowest BCUT2D eigenvalue weighted by molar-refractivity contribution is -0.370. The molecule has 5 nitrogen and oxygen atoms in total. The third-order valence-corrected chi connectivity index (χ3v) is 1.67. The van der Waals surface area contributed by atoms with Gasteiger partial charge in [0.15, 0.2) is 4.64 Å². The van der Waals surface area contributed by atoms with Crippen LogP contribution >= 0.6 is 12.2 Å². The van der Waals surface area contributed by atoms with Gasteiger partial charge in [-0.15, -0.1) is 0 Å². The summed E-state index contributed by atoms with van der Waals surface area (Å²) in [6, 6.07) is 0. The summed E-state index contributed by atoms with van der Waals surface area (Å²) in [5, 5.41) is 0. The van der Waals surface area contributed by atoms with Crippen molar-refractivity contribution in [3.63, 3.8) is 0 Å². The van der Waals surface area contributed by atoms with Gasteiger partial charge >= 0.3 is 5.95 Å². The predicted octanol–water partition coefficient (Wildman–Crippen LogP) is 0.0168. The van der Waals surface area contributed by atoms with Crippen LogP contribution in [-0.4, -0.2) is 15.0 Å². The van der Waals surface area contributed by atoms with Crippen LogP contribution in [0.5, 0.6) is 0 Å². The summed E-state index contributed by atoms with van der Waals surface area (Å²) in [7, 11) is 0. The molecule has 0 aromatic carbocycles. The first-order valence-electron chi connectivity index (χ1n) is 3.01. The minimum Gasteiger partial charge on any atom is -0.338 e. The molecule has 0 amide bonds. The summed E-state index contributed by atoms with van der Waals surface area (Å²) >= 11 is 4.97. The van der Waals surface area contributed by atoms with E-state index in [4.69, 9.17) is 18.0 Å². The normalized spacial score (nSPS) is 10.5. The van der Waals surface area contributed by atoms with Crippen LogP contribution in [0.1, 0.15) is 0 Å². The Bertz CT molecular complexity index is 441. The van der Waals surface area contributed by atoms with Crippen molar-refractivity contribution in [2.24, 2.45) is 0 Å². The van der Waals surface area contributed by atoms with Gasteiger partial charge in [-0.2, -0.15) is 0 Å². The highest BCUT2D eigenvalue weighted by Gasteiger charge is 2.03. The van der Waals surface area contributed by atoms with Crippen LogP contribution in [0.15, 0.2) is 6.33 Å². The number of anilines is 1. The molecule has 2 aromatic rings. The number of nitrogens with two attached hydrogens (primary N) is 1. The molecule has 0 aliphatic rings. The van der Waals surface area contributed by atoms with Crippen LogP contribution in [-0.2, 0) is 0 Å². The maximum atomic E-state index is 5.45. The summed E-state index contributed by atoms with van der Waals surface area (Å²) < 4.78 is 0.564. The molecule has 0 radical (unpaired) electrons. The predicted molar refractivity (Wildman–Crippen MR) is 42.2 cm³/mol. The third-order valence-electron chi connectivity index (χ3n) is 1.37. The van der Waals surface area contributed by atoms with E-state index >= 15 is 0 Å². The van der Waals surface area contributed by atoms with Gasteiger partial charge in [0.2, 0.25) is 5.65 Å². The monoisotopic (exact) mass is 168 g/mol. The lowest BCUT2D eigenvalue weighted by atomic mass is 10.6. The Morgan fingerprint density at radius 1 is 1.64 bits per heavy atom. The van der Waals surface area contributed by atoms with E-state index in [1.165, 1.54) is 0 Å². The van der Waals surface area contributed by atoms with E-state index in [9.17, 15) is 0 Å². The molecule has 0 saturated carbocycles. The van der Waals surface area contributed by atoms with Gasteiger partial charge in [0.25, 0.3) is 0 Å². The summed E-state index contributed by atoms with van der Waals surface area (Å²) in [4.78, 5) is 12.4. The molecule has 0 aliphatic heterocycles. The van der Waals surface area contributed by atoms with E-state index < -0.39 is 0 Å². The van der Waals surface area contributed by atoms with Crippen LogP contribution in [0.2, 0.25) is 0 Å². The molecular formula is C5H6N5S+. The van der Waals surface area contributed by atoms with Crippen LogP contribution in [0.25, 0.3) is 11.2 Å². The highest BCUT2D eigenvalue weighted by atomic mass is 32.1. The zero-order valence-corrected chi connectivity index (χ0v) is 6.33. The molecule has 2 aromatic heterocycles. The smallest absolute Gasteiger partial charge is 0.338 e. The standard InChI is InChI=1S/C5H5N5S/c6-5-9-3-2(4(11)10-5)7-1-8-3/h1H,(H4,6,7,8,9,10,11)/p+1. The highest BCUT2D eigenvalue weighted by molar-refractivity contribution is 7.71. The number of nitrogens with zero attached hydrogens (tertiary/aromatic N) is 1. The van der Waals surface area contributed by atoms with Crippen molar-refractivity contribution in [2.45, 2.75) is 0 Å². The molecule has 5 N–H and O–H groups in total. The summed E-state index contributed by atoms with van der Waals surface area (Å²) in [5.74, 6) is 0.412. The Morgan fingerprint density at radius 2 is 2.45 bits per heavy atom. The van der Waals surface area contributed by atoms with E-state index in [2.05, 4.69) is 19.9 Å². The van der Waals surface area contributed by atoms with Gasteiger partial charge in [0.05, 0.1) is 6.33 Å². The second-order valence-electron chi connectivity index (χ2n) is 2.12. The van der Waals surface area contributed by atoms with E-state index in [-0.39, 0.29) is 0 Å². The minimum atomic E-state index is 0.412. The second kappa shape index (κ2) is 2.03. The Kier molecular flexibility index (Phi) is 1.16. The molecule has 6 heteroatoms. The largest absolute Gasteiger partial charge is 0.353 e. The van der Waals surface area contributed by atoms with E-state index in [1.54, 1.807) is 6.33 Å². The van der Waals surface area contributed by atoms with E-state index in [1.807, 2.05) is 0 Å². The van der Waals surface area contributed by atoms with Gasteiger partial charge in [-0.05, 0) is 12.2 Å². The molecule has 0 saturated heterocycles. The van der Waals surface area contributed by atoms with Crippen LogP contribution in [0, 0.1) is 4.64 Å². The fourth-order valence-corrected chi connectivity index (χ4v) is 1.17. The van der Waals surface area contributed by atoms with Gasteiger partial charge < -0.3 is 4.98 Å². The number of imidazole rings is 1. The molecule has 0 atom stereocenters. The van der Waals surface area contributed by atoms with Gasteiger partial charge in [-0.25, -0.2) is 15.0 Å². The van der Waals surface area contributed by atoms with Gasteiger partial charge in [-0.1, -0.05) is 0 Å². The lowest BCUT2D eigenvalue weighted by Crippen LogP contribution is -2.13. The molecule has 2 rings (SSSR count). The average Bonchev–Trinajstić information content (AvgIpc) is 2.34. The van der Waals surface area contributed by atoms with Crippen molar-refractivity contribution in [2.75, 3.05) is 5.73 Å². The number of fused-ring (bicyclic) bond motifs is 1. The van der Waals surface area contributed by atoms with E-state index in [0.717, 1.165) is 5.52 Å². The number of nitrogen functional groups attached to an aromatic ring is 1. The number of rotatable bonds is 0. The molecule has 0 unspecified atom stereocenters. The van der Waals surface area contributed by atoms with Crippen molar-refractivity contribution in [1.82, 2.24) is 15.0 Å². The average molecular weight is 168 g/mol. The maximum Gasteiger partial charge on any atom is 0.353 e. The van der Waals surface area contributed by atoms with Crippen LogP contribution in [0.3, 0.4) is 0 Å². The fourth-order valence-electron chi connectivity index (χ4n) is 0.906.